The number of halogens is 1. The first kappa shape index (κ1) is 15.1. The summed E-state index contributed by atoms with van der Waals surface area (Å²) >= 11 is 6.12. The van der Waals surface area contributed by atoms with Crippen molar-refractivity contribution in [2.75, 3.05) is 24.3 Å². The standard InChI is InChI=1S/C14H15ClN4O2/c1-8-5-4-6-9(10(8)15)13(20)18-11-12(19(2)3)16-7-17-14(11)21/h4-7H,1-3H3,(H,18,20)(H,16,17,21). The fraction of sp³-hybridized carbons (Fsp3) is 0.214. The molecule has 0 bridgehead atoms. The molecule has 1 heterocycles. The van der Waals surface area contributed by atoms with Gasteiger partial charge in [-0.15, -0.1) is 0 Å². The third-order valence-electron chi connectivity index (χ3n) is 2.93. The zero-order valence-corrected chi connectivity index (χ0v) is 12.7. The molecular formula is C14H15ClN4O2. The van der Waals surface area contributed by atoms with Crippen LogP contribution in [-0.2, 0) is 0 Å². The Morgan fingerprint density at radius 1 is 1.38 bits per heavy atom. The Labute approximate surface area is 126 Å². The highest BCUT2D eigenvalue weighted by molar-refractivity contribution is 6.35. The lowest BCUT2D eigenvalue weighted by molar-refractivity contribution is 0.102. The average molecular weight is 307 g/mol. The van der Waals surface area contributed by atoms with E-state index in [0.29, 0.717) is 16.4 Å². The van der Waals surface area contributed by atoms with E-state index in [9.17, 15) is 9.59 Å². The van der Waals surface area contributed by atoms with Gasteiger partial charge >= 0.3 is 0 Å². The summed E-state index contributed by atoms with van der Waals surface area (Å²) in [6.45, 7) is 1.81. The number of carbonyl (C=O) groups excluding carboxylic acids is 1. The number of H-pyrrole nitrogens is 1. The van der Waals surface area contributed by atoms with Crippen LogP contribution in [0.2, 0.25) is 5.02 Å². The van der Waals surface area contributed by atoms with Crippen molar-refractivity contribution < 1.29 is 4.79 Å². The van der Waals surface area contributed by atoms with Crippen LogP contribution in [0.1, 0.15) is 15.9 Å². The van der Waals surface area contributed by atoms with E-state index >= 15 is 0 Å². The number of benzene rings is 1. The Balaban J connectivity index is 2.41. The molecule has 1 aromatic heterocycles. The molecule has 0 aliphatic heterocycles. The molecule has 1 aromatic carbocycles. The summed E-state index contributed by atoms with van der Waals surface area (Å²) in [5, 5.41) is 2.94. The predicted molar refractivity (Wildman–Crippen MR) is 83.3 cm³/mol. The molecule has 7 heteroatoms. The van der Waals surface area contributed by atoms with Crippen molar-refractivity contribution in [1.29, 1.82) is 0 Å². The van der Waals surface area contributed by atoms with Gasteiger partial charge in [0.25, 0.3) is 11.5 Å². The van der Waals surface area contributed by atoms with Gasteiger partial charge in [0, 0.05) is 14.1 Å². The van der Waals surface area contributed by atoms with Gasteiger partial charge in [0.05, 0.1) is 16.9 Å². The lowest BCUT2D eigenvalue weighted by atomic mass is 10.1. The highest BCUT2D eigenvalue weighted by Crippen LogP contribution is 2.22. The van der Waals surface area contributed by atoms with Gasteiger partial charge in [-0.3, -0.25) is 9.59 Å². The lowest BCUT2D eigenvalue weighted by Crippen LogP contribution is -2.25. The highest BCUT2D eigenvalue weighted by Gasteiger charge is 2.17. The Morgan fingerprint density at radius 3 is 2.76 bits per heavy atom. The maximum Gasteiger partial charge on any atom is 0.276 e. The topological polar surface area (TPSA) is 78.1 Å². The zero-order chi connectivity index (χ0) is 15.6. The number of nitrogens with one attached hydrogen (secondary N) is 2. The fourth-order valence-electron chi connectivity index (χ4n) is 1.85. The molecule has 0 fully saturated rings. The van der Waals surface area contributed by atoms with Gasteiger partial charge in [-0.25, -0.2) is 4.98 Å². The van der Waals surface area contributed by atoms with Crippen LogP contribution in [0.3, 0.4) is 0 Å². The van der Waals surface area contributed by atoms with Crippen LogP contribution >= 0.6 is 11.6 Å². The molecule has 6 nitrogen and oxygen atoms in total. The summed E-state index contributed by atoms with van der Waals surface area (Å²) in [5.41, 5.74) is 0.762. The first-order chi connectivity index (χ1) is 9.91. The first-order valence-electron chi connectivity index (χ1n) is 6.23. The molecule has 0 saturated carbocycles. The largest absolute Gasteiger partial charge is 0.361 e. The minimum Gasteiger partial charge on any atom is -0.361 e. The molecule has 110 valence electrons. The van der Waals surface area contributed by atoms with Crippen LogP contribution in [0, 0.1) is 6.92 Å². The number of rotatable bonds is 3. The lowest BCUT2D eigenvalue weighted by Gasteiger charge is -2.15. The molecule has 0 aliphatic carbocycles. The number of hydrogen-bond acceptors (Lipinski definition) is 4. The monoisotopic (exact) mass is 306 g/mol. The van der Waals surface area contributed by atoms with Crippen molar-refractivity contribution in [3.8, 4) is 0 Å². The number of amides is 1. The molecule has 21 heavy (non-hydrogen) atoms. The average Bonchev–Trinajstić information content (AvgIpc) is 2.43. The zero-order valence-electron chi connectivity index (χ0n) is 11.9. The van der Waals surface area contributed by atoms with E-state index < -0.39 is 11.5 Å². The maximum absolute atomic E-state index is 12.3. The van der Waals surface area contributed by atoms with Gasteiger partial charge < -0.3 is 15.2 Å². The van der Waals surface area contributed by atoms with Gasteiger partial charge in [0.2, 0.25) is 0 Å². The quantitative estimate of drug-likeness (QED) is 0.909. The minimum absolute atomic E-state index is 0.0880. The second-order valence-electron chi connectivity index (χ2n) is 4.72. The number of anilines is 2. The SMILES string of the molecule is Cc1cccc(C(=O)Nc2c(N(C)C)nc[nH]c2=O)c1Cl. The molecule has 0 spiro atoms. The Bertz CT molecular complexity index is 740. The van der Waals surface area contributed by atoms with Crippen LogP contribution in [0.25, 0.3) is 0 Å². The fourth-order valence-corrected chi connectivity index (χ4v) is 2.06. The Morgan fingerprint density at radius 2 is 2.10 bits per heavy atom. The van der Waals surface area contributed by atoms with Gasteiger partial charge in [-0.2, -0.15) is 0 Å². The summed E-state index contributed by atoms with van der Waals surface area (Å²) in [4.78, 5) is 32.3. The first-order valence-corrected chi connectivity index (χ1v) is 6.61. The summed E-state index contributed by atoms with van der Waals surface area (Å²) in [7, 11) is 3.47. The normalized spacial score (nSPS) is 10.3. The molecule has 0 radical (unpaired) electrons. The Hall–Kier alpha value is -2.34. The number of aromatic amines is 1. The third-order valence-corrected chi connectivity index (χ3v) is 3.43. The van der Waals surface area contributed by atoms with E-state index in [1.807, 2.05) is 0 Å². The van der Waals surface area contributed by atoms with Gasteiger partial charge in [0.15, 0.2) is 11.5 Å². The second-order valence-corrected chi connectivity index (χ2v) is 5.09. The van der Waals surface area contributed by atoms with Gasteiger partial charge in [-0.05, 0) is 18.6 Å². The van der Waals surface area contributed by atoms with Crippen molar-refractivity contribution in [2.45, 2.75) is 6.92 Å². The van der Waals surface area contributed by atoms with Crippen LogP contribution in [0.5, 0.6) is 0 Å². The van der Waals surface area contributed by atoms with Crippen molar-refractivity contribution in [1.82, 2.24) is 9.97 Å². The van der Waals surface area contributed by atoms with Crippen LogP contribution in [0.4, 0.5) is 11.5 Å². The summed E-state index contributed by atoms with van der Waals surface area (Å²) in [6.07, 6.45) is 1.28. The molecule has 0 saturated heterocycles. The molecule has 1 amide bonds. The summed E-state index contributed by atoms with van der Waals surface area (Å²) in [5.74, 6) is -0.0822. The van der Waals surface area contributed by atoms with E-state index in [2.05, 4.69) is 15.3 Å². The minimum atomic E-state index is -0.453. The van der Waals surface area contributed by atoms with Gasteiger partial charge in [0.1, 0.15) is 0 Å². The highest BCUT2D eigenvalue weighted by atomic mass is 35.5. The number of hydrogen-bond donors (Lipinski definition) is 2. The number of carbonyl (C=O) groups is 1. The van der Waals surface area contributed by atoms with Crippen molar-refractivity contribution in [3.05, 3.63) is 51.0 Å². The molecule has 0 unspecified atom stereocenters. The molecule has 2 aromatic rings. The summed E-state index contributed by atoms with van der Waals surface area (Å²) < 4.78 is 0. The molecule has 0 atom stereocenters. The van der Waals surface area contributed by atoms with E-state index in [0.717, 1.165) is 5.56 Å². The van der Waals surface area contributed by atoms with E-state index in [1.54, 1.807) is 44.1 Å². The molecular weight excluding hydrogens is 292 g/mol. The van der Waals surface area contributed by atoms with E-state index in [4.69, 9.17) is 11.6 Å². The number of aromatic nitrogens is 2. The van der Waals surface area contributed by atoms with Crippen molar-refractivity contribution in [2.24, 2.45) is 0 Å². The number of aryl methyl sites for hydroxylation is 1. The smallest absolute Gasteiger partial charge is 0.276 e. The second kappa shape index (κ2) is 5.97. The maximum atomic E-state index is 12.3. The van der Waals surface area contributed by atoms with Crippen molar-refractivity contribution in [3.63, 3.8) is 0 Å². The molecule has 2 rings (SSSR count). The Kier molecular flexibility index (Phi) is 4.28. The van der Waals surface area contributed by atoms with Crippen molar-refractivity contribution >= 4 is 29.0 Å². The van der Waals surface area contributed by atoms with E-state index in [-0.39, 0.29) is 5.69 Å². The predicted octanol–water partition coefficient (Wildman–Crippen LogP) is 2.05. The molecule has 2 N–H and O–H groups in total. The summed E-state index contributed by atoms with van der Waals surface area (Å²) in [6, 6.07) is 5.14. The number of nitrogens with zero attached hydrogens (tertiary/aromatic N) is 2. The van der Waals surface area contributed by atoms with Crippen LogP contribution < -0.4 is 15.8 Å². The van der Waals surface area contributed by atoms with Crippen LogP contribution in [-0.4, -0.2) is 30.0 Å². The van der Waals surface area contributed by atoms with E-state index in [1.165, 1.54) is 6.33 Å². The third kappa shape index (κ3) is 3.05. The van der Waals surface area contributed by atoms with Gasteiger partial charge in [-0.1, -0.05) is 23.7 Å². The van der Waals surface area contributed by atoms with Crippen LogP contribution in [0.15, 0.2) is 29.3 Å². The molecule has 0 aliphatic rings.